The van der Waals surface area contributed by atoms with Crippen molar-refractivity contribution in [3.8, 4) is 5.75 Å². The molecular formula is C29H50O7. The summed E-state index contributed by atoms with van der Waals surface area (Å²) >= 11 is 0. The van der Waals surface area contributed by atoms with E-state index < -0.39 is 0 Å². The van der Waals surface area contributed by atoms with Gasteiger partial charge in [-0.15, -0.1) is 0 Å². The average Bonchev–Trinajstić information content (AvgIpc) is 2.89. The molecule has 7 heteroatoms. The number of ether oxygens (including phenoxy) is 6. The number of esters is 1. The van der Waals surface area contributed by atoms with Crippen LogP contribution in [0.1, 0.15) is 77.2 Å². The molecule has 36 heavy (non-hydrogen) atoms. The lowest BCUT2D eigenvalue weighted by Gasteiger charge is -2.09. The average molecular weight is 511 g/mol. The van der Waals surface area contributed by atoms with Crippen molar-refractivity contribution in [2.24, 2.45) is 0 Å². The Morgan fingerprint density at radius 3 is 1.64 bits per heavy atom. The summed E-state index contributed by atoms with van der Waals surface area (Å²) in [7, 11) is 0. The summed E-state index contributed by atoms with van der Waals surface area (Å²) < 4.78 is 32.5. The molecule has 0 saturated carbocycles. The molecule has 0 saturated heterocycles. The molecule has 0 amide bonds. The van der Waals surface area contributed by atoms with Gasteiger partial charge in [0.05, 0.1) is 52.9 Å². The van der Waals surface area contributed by atoms with Gasteiger partial charge in [0, 0.05) is 6.42 Å². The van der Waals surface area contributed by atoms with Gasteiger partial charge in [0.2, 0.25) is 0 Å². The minimum Gasteiger partial charge on any atom is -0.491 e. The van der Waals surface area contributed by atoms with E-state index in [0.29, 0.717) is 72.5 Å². The van der Waals surface area contributed by atoms with Gasteiger partial charge in [-0.25, -0.2) is 0 Å². The van der Waals surface area contributed by atoms with E-state index in [1.165, 1.54) is 50.5 Å². The van der Waals surface area contributed by atoms with Crippen molar-refractivity contribution in [1.82, 2.24) is 0 Å². The second-order valence-corrected chi connectivity index (χ2v) is 8.78. The van der Waals surface area contributed by atoms with Crippen LogP contribution in [-0.4, -0.2) is 72.0 Å². The summed E-state index contributed by atoms with van der Waals surface area (Å²) in [5, 5.41) is 0. The van der Waals surface area contributed by atoms with Crippen molar-refractivity contribution >= 4 is 5.97 Å². The Morgan fingerprint density at radius 1 is 0.583 bits per heavy atom. The minimum atomic E-state index is -0.176. The van der Waals surface area contributed by atoms with Gasteiger partial charge in [0.1, 0.15) is 19.0 Å². The van der Waals surface area contributed by atoms with E-state index in [1.54, 1.807) is 0 Å². The molecule has 0 aliphatic rings. The van der Waals surface area contributed by atoms with Crippen LogP contribution >= 0.6 is 0 Å². The monoisotopic (exact) mass is 510 g/mol. The van der Waals surface area contributed by atoms with Crippen LogP contribution in [0.2, 0.25) is 0 Å². The summed E-state index contributed by atoms with van der Waals surface area (Å²) in [5.74, 6) is 0.710. The summed E-state index contributed by atoms with van der Waals surface area (Å²) in [4.78, 5) is 11.2. The Morgan fingerprint density at radius 2 is 1.08 bits per heavy atom. The van der Waals surface area contributed by atoms with Crippen LogP contribution in [-0.2, 0) is 34.9 Å². The molecule has 1 aromatic carbocycles. The number of carbonyl (C=O) groups excluding carboxylic acids is 1. The third-order valence-corrected chi connectivity index (χ3v) is 5.55. The molecule has 0 heterocycles. The predicted molar refractivity (Wildman–Crippen MR) is 143 cm³/mol. The highest BCUT2D eigenvalue weighted by Crippen LogP contribution is 2.15. The van der Waals surface area contributed by atoms with Crippen LogP contribution in [0.5, 0.6) is 5.75 Å². The Balaban J connectivity index is 1.82. The van der Waals surface area contributed by atoms with E-state index in [-0.39, 0.29) is 5.97 Å². The predicted octanol–water partition coefficient (Wildman–Crippen LogP) is 5.77. The fourth-order valence-corrected chi connectivity index (χ4v) is 3.51. The maximum absolute atomic E-state index is 11.2. The first-order valence-electron chi connectivity index (χ1n) is 13.9. The van der Waals surface area contributed by atoms with Crippen molar-refractivity contribution < 1.29 is 33.2 Å². The minimum absolute atomic E-state index is 0.176. The largest absolute Gasteiger partial charge is 0.491 e. The van der Waals surface area contributed by atoms with Crippen molar-refractivity contribution in [3.05, 3.63) is 29.8 Å². The fraction of sp³-hybridized carbons (Fsp3) is 0.759. The zero-order valence-corrected chi connectivity index (χ0v) is 22.8. The van der Waals surface area contributed by atoms with Crippen molar-refractivity contribution in [2.45, 2.75) is 78.1 Å². The molecule has 0 unspecified atom stereocenters. The van der Waals surface area contributed by atoms with E-state index in [1.807, 2.05) is 19.1 Å². The first-order chi connectivity index (χ1) is 17.8. The Labute approximate surface area is 219 Å². The molecule has 208 valence electrons. The van der Waals surface area contributed by atoms with E-state index in [2.05, 4.69) is 19.1 Å². The molecule has 0 atom stereocenters. The summed E-state index contributed by atoms with van der Waals surface area (Å²) in [6.45, 7) is 8.97. The molecular weight excluding hydrogens is 460 g/mol. The zero-order valence-electron chi connectivity index (χ0n) is 22.8. The SMILES string of the molecule is CCCCCCCCCc1ccc(OCCOCCOCCOCCOCCOC(=O)CCC)cc1. The molecule has 0 aliphatic heterocycles. The van der Waals surface area contributed by atoms with Crippen molar-refractivity contribution in [2.75, 3.05) is 66.1 Å². The molecule has 0 aromatic heterocycles. The van der Waals surface area contributed by atoms with Gasteiger partial charge in [-0.1, -0.05) is 64.5 Å². The van der Waals surface area contributed by atoms with Crippen LogP contribution in [0.3, 0.4) is 0 Å². The van der Waals surface area contributed by atoms with Crippen molar-refractivity contribution in [1.29, 1.82) is 0 Å². The van der Waals surface area contributed by atoms with Gasteiger partial charge in [0.25, 0.3) is 0 Å². The molecule has 7 nitrogen and oxygen atoms in total. The first kappa shape index (κ1) is 32.4. The Bertz CT molecular complexity index is 606. The third-order valence-electron chi connectivity index (χ3n) is 5.55. The van der Waals surface area contributed by atoms with Gasteiger partial charge in [-0.3, -0.25) is 4.79 Å². The number of rotatable bonds is 26. The van der Waals surface area contributed by atoms with Crippen LogP contribution in [0.4, 0.5) is 0 Å². The maximum atomic E-state index is 11.2. The highest BCUT2D eigenvalue weighted by molar-refractivity contribution is 5.69. The second kappa shape index (κ2) is 25.0. The van der Waals surface area contributed by atoms with E-state index in [0.717, 1.165) is 18.6 Å². The summed E-state index contributed by atoms with van der Waals surface area (Å²) in [6.07, 6.45) is 11.8. The molecule has 0 bridgehead atoms. The van der Waals surface area contributed by atoms with Gasteiger partial charge in [-0.2, -0.15) is 0 Å². The van der Waals surface area contributed by atoms with Gasteiger partial charge in [0.15, 0.2) is 0 Å². The normalized spacial score (nSPS) is 11.1. The van der Waals surface area contributed by atoms with E-state index in [4.69, 9.17) is 28.4 Å². The molecule has 0 radical (unpaired) electrons. The van der Waals surface area contributed by atoms with E-state index >= 15 is 0 Å². The van der Waals surface area contributed by atoms with Gasteiger partial charge < -0.3 is 28.4 Å². The topological polar surface area (TPSA) is 72.5 Å². The first-order valence-corrected chi connectivity index (χ1v) is 13.9. The Kier molecular flexibility index (Phi) is 22.5. The smallest absolute Gasteiger partial charge is 0.305 e. The number of aryl methyl sites for hydroxylation is 1. The molecule has 1 aromatic rings. The highest BCUT2D eigenvalue weighted by atomic mass is 16.6. The number of hydrogen-bond donors (Lipinski definition) is 0. The lowest BCUT2D eigenvalue weighted by molar-refractivity contribution is -0.145. The molecule has 0 spiro atoms. The number of carbonyl (C=O) groups is 1. The summed E-state index contributed by atoms with van der Waals surface area (Å²) in [6, 6.07) is 8.43. The Hall–Kier alpha value is -1.67. The number of hydrogen-bond acceptors (Lipinski definition) is 7. The maximum Gasteiger partial charge on any atom is 0.305 e. The zero-order chi connectivity index (χ0) is 25.9. The molecule has 0 fully saturated rings. The number of benzene rings is 1. The summed E-state index contributed by atoms with van der Waals surface area (Å²) in [5.41, 5.74) is 1.38. The van der Waals surface area contributed by atoms with Crippen LogP contribution in [0, 0.1) is 0 Å². The van der Waals surface area contributed by atoms with Gasteiger partial charge in [-0.05, 0) is 37.0 Å². The van der Waals surface area contributed by atoms with Gasteiger partial charge >= 0.3 is 5.97 Å². The van der Waals surface area contributed by atoms with Crippen LogP contribution in [0.15, 0.2) is 24.3 Å². The quantitative estimate of drug-likeness (QED) is 0.116. The van der Waals surface area contributed by atoms with Crippen LogP contribution in [0.25, 0.3) is 0 Å². The number of unbranched alkanes of at least 4 members (excludes halogenated alkanes) is 6. The lowest BCUT2D eigenvalue weighted by atomic mass is 10.0. The van der Waals surface area contributed by atoms with Crippen LogP contribution < -0.4 is 4.74 Å². The fourth-order valence-electron chi connectivity index (χ4n) is 3.51. The standard InChI is InChI=1S/C29H50O7/c1-3-5-6-7-8-9-10-12-27-13-15-28(16-14-27)35-25-23-33-21-19-31-17-18-32-20-22-34-24-26-36-29(30)11-4-2/h13-16H,3-12,17-26H2,1-2H3. The van der Waals surface area contributed by atoms with Crippen molar-refractivity contribution in [3.63, 3.8) is 0 Å². The van der Waals surface area contributed by atoms with E-state index in [9.17, 15) is 4.79 Å². The second-order valence-electron chi connectivity index (χ2n) is 8.78. The lowest BCUT2D eigenvalue weighted by Crippen LogP contribution is -2.15. The highest BCUT2D eigenvalue weighted by Gasteiger charge is 2.00. The third kappa shape index (κ3) is 20.5. The molecule has 0 N–H and O–H groups in total. The molecule has 0 aliphatic carbocycles. The molecule has 1 rings (SSSR count).